The SMILES string of the molecule is CCOc1ccncc1NS(=O)(=O)c1ccccc1C(=O)NC. The second-order valence-corrected chi connectivity index (χ2v) is 6.14. The maximum atomic E-state index is 12.6. The van der Waals surface area contributed by atoms with E-state index in [4.69, 9.17) is 4.74 Å². The van der Waals surface area contributed by atoms with Gasteiger partial charge in [-0.05, 0) is 19.1 Å². The Morgan fingerprint density at radius 3 is 2.70 bits per heavy atom. The Bertz CT molecular complexity index is 806. The van der Waals surface area contributed by atoms with Crippen molar-refractivity contribution >= 4 is 21.6 Å². The minimum Gasteiger partial charge on any atom is -0.492 e. The quantitative estimate of drug-likeness (QED) is 0.836. The molecule has 2 aromatic rings. The molecule has 7 nitrogen and oxygen atoms in total. The summed E-state index contributed by atoms with van der Waals surface area (Å²) >= 11 is 0. The van der Waals surface area contributed by atoms with Crippen LogP contribution in [0, 0.1) is 0 Å². The zero-order valence-corrected chi connectivity index (χ0v) is 13.6. The molecule has 1 aromatic heterocycles. The van der Waals surface area contributed by atoms with Crippen LogP contribution in [-0.2, 0) is 10.0 Å². The number of hydrogen-bond acceptors (Lipinski definition) is 5. The van der Waals surface area contributed by atoms with Crippen molar-refractivity contribution in [3.05, 3.63) is 48.3 Å². The van der Waals surface area contributed by atoms with Gasteiger partial charge in [0.1, 0.15) is 16.3 Å². The number of nitrogens with one attached hydrogen (secondary N) is 2. The van der Waals surface area contributed by atoms with Crippen molar-refractivity contribution in [1.82, 2.24) is 10.3 Å². The van der Waals surface area contributed by atoms with Crippen molar-refractivity contribution in [1.29, 1.82) is 0 Å². The molecule has 0 fully saturated rings. The summed E-state index contributed by atoms with van der Waals surface area (Å²) in [4.78, 5) is 15.6. The Hall–Kier alpha value is -2.61. The van der Waals surface area contributed by atoms with E-state index in [0.717, 1.165) is 0 Å². The minimum atomic E-state index is -3.97. The first-order valence-electron chi connectivity index (χ1n) is 6.90. The van der Waals surface area contributed by atoms with E-state index in [1.54, 1.807) is 25.1 Å². The number of benzene rings is 1. The van der Waals surface area contributed by atoms with Gasteiger partial charge in [-0.1, -0.05) is 12.1 Å². The number of sulfonamides is 1. The summed E-state index contributed by atoms with van der Waals surface area (Å²) in [6, 6.07) is 7.52. The van der Waals surface area contributed by atoms with Gasteiger partial charge in [-0.3, -0.25) is 14.5 Å². The molecule has 0 unspecified atom stereocenters. The standard InChI is InChI=1S/C15H17N3O4S/c1-3-22-13-8-9-17-10-12(13)18-23(20,21)14-7-5-4-6-11(14)15(19)16-2/h4-10,18H,3H2,1-2H3,(H,16,19). The molecular formula is C15H17N3O4S. The van der Waals surface area contributed by atoms with E-state index in [9.17, 15) is 13.2 Å². The lowest BCUT2D eigenvalue weighted by molar-refractivity contribution is 0.0960. The summed E-state index contributed by atoms with van der Waals surface area (Å²) in [5, 5.41) is 2.42. The van der Waals surface area contributed by atoms with E-state index in [1.807, 2.05) is 0 Å². The lowest BCUT2D eigenvalue weighted by Crippen LogP contribution is -2.23. The molecule has 0 aliphatic carbocycles. The Balaban J connectivity index is 2.43. The Labute approximate surface area is 134 Å². The van der Waals surface area contributed by atoms with Gasteiger partial charge in [0.25, 0.3) is 15.9 Å². The highest BCUT2D eigenvalue weighted by atomic mass is 32.2. The number of nitrogens with zero attached hydrogens (tertiary/aromatic N) is 1. The summed E-state index contributed by atoms with van der Waals surface area (Å²) in [5.74, 6) is -0.120. The third-order valence-electron chi connectivity index (χ3n) is 2.97. The van der Waals surface area contributed by atoms with Gasteiger partial charge in [-0.15, -0.1) is 0 Å². The Kier molecular flexibility index (Phi) is 5.17. The largest absolute Gasteiger partial charge is 0.492 e. The van der Waals surface area contributed by atoms with Crippen LogP contribution in [-0.4, -0.2) is 33.0 Å². The van der Waals surface area contributed by atoms with Crippen LogP contribution in [0.5, 0.6) is 5.75 Å². The van der Waals surface area contributed by atoms with Gasteiger partial charge in [0.2, 0.25) is 0 Å². The topological polar surface area (TPSA) is 97.4 Å². The summed E-state index contributed by atoms with van der Waals surface area (Å²) in [5.41, 5.74) is 0.269. The fourth-order valence-electron chi connectivity index (χ4n) is 1.96. The molecule has 122 valence electrons. The normalized spacial score (nSPS) is 10.9. The average Bonchev–Trinajstić information content (AvgIpc) is 2.56. The molecule has 0 saturated heterocycles. The van der Waals surface area contributed by atoms with Gasteiger partial charge in [0.15, 0.2) is 0 Å². The molecule has 0 bridgehead atoms. The van der Waals surface area contributed by atoms with Gasteiger partial charge >= 0.3 is 0 Å². The zero-order chi connectivity index (χ0) is 16.9. The maximum absolute atomic E-state index is 12.6. The molecule has 0 spiro atoms. The predicted octanol–water partition coefficient (Wildman–Crippen LogP) is 1.64. The molecule has 23 heavy (non-hydrogen) atoms. The molecule has 2 N–H and O–H groups in total. The van der Waals surface area contributed by atoms with E-state index in [0.29, 0.717) is 12.4 Å². The second kappa shape index (κ2) is 7.10. The van der Waals surface area contributed by atoms with E-state index in [1.165, 1.54) is 31.6 Å². The van der Waals surface area contributed by atoms with Crippen LogP contribution in [0.15, 0.2) is 47.6 Å². The van der Waals surface area contributed by atoms with Crippen LogP contribution in [0.25, 0.3) is 0 Å². The smallest absolute Gasteiger partial charge is 0.262 e. The highest BCUT2D eigenvalue weighted by molar-refractivity contribution is 7.92. The molecule has 0 radical (unpaired) electrons. The van der Waals surface area contributed by atoms with E-state index < -0.39 is 15.9 Å². The molecule has 1 amide bonds. The highest BCUT2D eigenvalue weighted by Crippen LogP contribution is 2.26. The van der Waals surface area contributed by atoms with Crippen molar-refractivity contribution in [2.75, 3.05) is 18.4 Å². The van der Waals surface area contributed by atoms with E-state index in [2.05, 4.69) is 15.0 Å². The molecule has 0 atom stereocenters. The number of aromatic nitrogens is 1. The number of amides is 1. The highest BCUT2D eigenvalue weighted by Gasteiger charge is 2.22. The maximum Gasteiger partial charge on any atom is 0.262 e. The van der Waals surface area contributed by atoms with Crippen LogP contribution in [0.2, 0.25) is 0 Å². The molecule has 8 heteroatoms. The van der Waals surface area contributed by atoms with Crippen LogP contribution < -0.4 is 14.8 Å². The summed E-state index contributed by atoms with van der Waals surface area (Å²) in [7, 11) is -2.53. The van der Waals surface area contributed by atoms with Crippen molar-refractivity contribution in [3.63, 3.8) is 0 Å². The third-order valence-corrected chi connectivity index (χ3v) is 4.40. The average molecular weight is 335 g/mol. The zero-order valence-electron chi connectivity index (χ0n) is 12.7. The lowest BCUT2D eigenvalue weighted by atomic mass is 10.2. The summed E-state index contributed by atoms with van der Waals surface area (Å²) in [6.45, 7) is 2.17. The monoisotopic (exact) mass is 335 g/mol. The number of rotatable bonds is 6. The fraction of sp³-hybridized carbons (Fsp3) is 0.200. The van der Waals surface area contributed by atoms with Crippen molar-refractivity contribution < 1.29 is 17.9 Å². The molecule has 0 saturated carbocycles. The molecular weight excluding hydrogens is 318 g/mol. The molecule has 1 heterocycles. The van der Waals surface area contributed by atoms with E-state index >= 15 is 0 Å². The van der Waals surface area contributed by atoms with Gasteiger partial charge in [-0.25, -0.2) is 8.42 Å². The van der Waals surface area contributed by atoms with Gasteiger partial charge in [0, 0.05) is 19.3 Å². The van der Waals surface area contributed by atoms with Crippen molar-refractivity contribution in [2.45, 2.75) is 11.8 Å². The van der Waals surface area contributed by atoms with Crippen LogP contribution in [0.1, 0.15) is 17.3 Å². The summed E-state index contributed by atoms with van der Waals surface area (Å²) in [6.07, 6.45) is 2.85. The van der Waals surface area contributed by atoms with Crippen molar-refractivity contribution in [3.8, 4) is 5.75 Å². The lowest BCUT2D eigenvalue weighted by Gasteiger charge is -2.14. The molecule has 2 rings (SSSR count). The third kappa shape index (κ3) is 3.78. The van der Waals surface area contributed by atoms with Gasteiger partial charge in [-0.2, -0.15) is 0 Å². The van der Waals surface area contributed by atoms with Crippen molar-refractivity contribution in [2.24, 2.45) is 0 Å². The molecule has 0 aliphatic rings. The molecule has 0 aliphatic heterocycles. The Morgan fingerprint density at radius 2 is 2.00 bits per heavy atom. The fourth-order valence-corrected chi connectivity index (χ4v) is 3.22. The number of hydrogen-bond donors (Lipinski definition) is 2. The van der Waals surface area contributed by atoms with E-state index in [-0.39, 0.29) is 16.1 Å². The minimum absolute atomic E-state index is 0.0596. The number of carbonyl (C=O) groups excluding carboxylic acids is 1. The van der Waals surface area contributed by atoms with Gasteiger partial charge in [0.05, 0.1) is 18.4 Å². The second-order valence-electron chi connectivity index (χ2n) is 4.49. The van der Waals surface area contributed by atoms with Gasteiger partial charge < -0.3 is 10.1 Å². The predicted molar refractivity (Wildman–Crippen MR) is 86.0 cm³/mol. The molecule has 1 aromatic carbocycles. The van der Waals surface area contributed by atoms with Crippen LogP contribution in [0.4, 0.5) is 5.69 Å². The first kappa shape index (κ1) is 16.8. The number of pyridine rings is 1. The number of ether oxygens (including phenoxy) is 1. The number of carbonyl (C=O) groups is 1. The number of anilines is 1. The summed E-state index contributed by atoms with van der Waals surface area (Å²) < 4.78 is 33.0. The first-order valence-corrected chi connectivity index (χ1v) is 8.38. The first-order chi connectivity index (χ1) is 11.0. The van der Waals surface area contributed by atoms with Crippen LogP contribution in [0.3, 0.4) is 0 Å². The Morgan fingerprint density at radius 1 is 1.26 bits per heavy atom. The van der Waals surface area contributed by atoms with Crippen LogP contribution >= 0.6 is 0 Å².